The molecule has 1 aliphatic heterocycles. The van der Waals surface area contributed by atoms with Crippen LogP contribution in [0.3, 0.4) is 0 Å². The van der Waals surface area contributed by atoms with Gasteiger partial charge in [0, 0.05) is 24.6 Å². The summed E-state index contributed by atoms with van der Waals surface area (Å²) in [7, 11) is 0. The number of benzene rings is 1. The summed E-state index contributed by atoms with van der Waals surface area (Å²) < 4.78 is 33.6. The van der Waals surface area contributed by atoms with Crippen LogP contribution in [0.4, 0.5) is 13.6 Å². The molecule has 0 aromatic heterocycles. The van der Waals surface area contributed by atoms with Crippen molar-refractivity contribution in [3.8, 4) is 6.07 Å². The zero-order valence-electron chi connectivity index (χ0n) is 15.1. The first kappa shape index (κ1) is 19.2. The van der Waals surface area contributed by atoms with Crippen LogP contribution in [0.5, 0.6) is 0 Å². The molecular weight excluding hydrogens is 326 g/mol. The van der Waals surface area contributed by atoms with Crippen molar-refractivity contribution in [2.75, 3.05) is 13.1 Å². The summed E-state index contributed by atoms with van der Waals surface area (Å²) in [6.07, 6.45) is 0.263. The number of nitrogens with zero attached hydrogens (tertiary/aromatic N) is 2. The van der Waals surface area contributed by atoms with Gasteiger partial charge in [0.05, 0.1) is 11.5 Å². The third-order valence-electron chi connectivity index (χ3n) is 4.79. The minimum Gasteiger partial charge on any atom is -0.444 e. The number of halogens is 2. The van der Waals surface area contributed by atoms with E-state index in [0.717, 1.165) is 0 Å². The fourth-order valence-corrected chi connectivity index (χ4v) is 3.26. The van der Waals surface area contributed by atoms with E-state index in [0.29, 0.717) is 25.9 Å². The summed E-state index contributed by atoms with van der Waals surface area (Å²) in [6.45, 7) is 7.69. The molecule has 1 aromatic rings. The first-order chi connectivity index (χ1) is 11.6. The summed E-state index contributed by atoms with van der Waals surface area (Å²) in [4.78, 5) is 13.7. The molecule has 0 bridgehead atoms. The number of carbonyl (C=O) groups is 1. The van der Waals surface area contributed by atoms with E-state index >= 15 is 0 Å². The Bertz CT molecular complexity index is 663. The fraction of sp³-hybridized carbons (Fsp3) is 0.579. The first-order valence-electron chi connectivity index (χ1n) is 8.43. The smallest absolute Gasteiger partial charge is 0.410 e. The molecule has 1 heterocycles. The Morgan fingerprint density at radius 1 is 1.28 bits per heavy atom. The Hall–Kier alpha value is -2.16. The average molecular weight is 350 g/mol. The van der Waals surface area contributed by atoms with Crippen molar-refractivity contribution >= 4 is 6.09 Å². The maximum absolute atomic E-state index is 14.1. The molecule has 0 radical (unpaired) electrons. The molecule has 0 N–H and O–H groups in total. The van der Waals surface area contributed by atoms with Gasteiger partial charge in [-0.05, 0) is 45.7 Å². The van der Waals surface area contributed by atoms with Crippen LogP contribution in [0.1, 0.15) is 52.0 Å². The van der Waals surface area contributed by atoms with Gasteiger partial charge in [-0.3, -0.25) is 0 Å². The highest BCUT2D eigenvalue weighted by Gasteiger charge is 2.43. The number of hydrogen-bond donors (Lipinski definition) is 0. The van der Waals surface area contributed by atoms with Crippen molar-refractivity contribution in [2.45, 2.75) is 52.1 Å². The van der Waals surface area contributed by atoms with Gasteiger partial charge in [0.25, 0.3) is 0 Å². The van der Waals surface area contributed by atoms with Crippen molar-refractivity contribution < 1.29 is 18.3 Å². The molecule has 136 valence electrons. The average Bonchev–Trinajstić information content (AvgIpc) is 2.53. The van der Waals surface area contributed by atoms with Crippen LogP contribution >= 0.6 is 0 Å². The number of ether oxygens (including phenoxy) is 1. The lowest BCUT2D eigenvalue weighted by Gasteiger charge is -2.41. The summed E-state index contributed by atoms with van der Waals surface area (Å²) in [5, 5.41) is 9.74. The highest BCUT2D eigenvalue weighted by molar-refractivity contribution is 5.68. The SMILES string of the molecule is CC(c1c(F)cccc1F)C1(C#N)CCN(C(=O)OC(C)(C)C)CC1. The number of likely N-dealkylation sites (tertiary alicyclic amines) is 1. The van der Waals surface area contributed by atoms with E-state index in [1.54, 1.807) is 32.6 Å². The molecule has 25 heavy (non-hydrogen) atoms. The Kier molecular flexibility index (Phi) is 5.36. The zero-order valence-corrected chi connectivity index (χ0v) is 15.1. The molecule has 0 aliphatic carbocycles. The highest BCUT2D eigenvalue weighted by atomic mass is 19.1. The minimum absolute atomic E-state index is 0.0604. The van der Waals surface area contributed by atoms with Crippen LogP contribution in [0.2, 0.25) is 0 Å². The molecule has 1 aliphatic rings. The summed E-state index contributed by atoms with van der Waals surface area (Å²) in [5.74, 6) is -1.90. The third kappa shape index (κ3) is 4.09. The molecule has 2 rings (SSSR count). The van der Waals surface area contributed by atoms with Gasteiger partial charge in [0.2, 0.25) is 0 Å². The molecule has 4 nitrogen and oxygen atoms in total. The monoisotopic (exact) mass is 350 g/mol. The van der Waals surface area contributed by atoms with E-state index in [2.05, 4.69) is 6.07 Å². The number of hydrogen-bond acceptors (Lipinski definition) is 3. The quantitative estimate of drug-likeness (QED) is 0.783. The molecule has 0 spiro atoms. The number of piperidine rings is 1. The standard InChI is InChI=1S/C19H24F2N2O2/c1-13(16-14(20)6-5-7-15(16)21)19(12-22)8-10-23(11-9-19)17(24)25-18(2,3)4/h5-7,13H,8-11H2,1-4H3. The van der Waals surface area contributed by atoms with E-state index in [1.807, 2.05) is 0 Å². The van der Waals surface area contributed by atoms with Crippen molar-refractivity contribution in [3.05, 3.63) is 35.4 Å². The molecule has 1 unspecified atom stereocenters. The van der Waals surface area contributed by atoms with Crippen molar-refractivity contribution in [2.24, 2.45) is 5.41 Å². The third-order valence-corrected chi connectivity index (χ3v) is 4.79. The normalized spacial score (nSPS) is 18.4. The summed E-state index contributed by atoms with van der Waals surface area (Å²) in [6, 6.07) is 5.98. The fourth-order valence-electron chi connectivity index (χ4n) is 3.26. The largest absolute Gasteiger partial charge is 0.444 e. The van der Waals surface area contributed by atoms with Crippen molar-refractivity contribution in [3.63, 3.8) is 0 Å². The molecule has 1 amide bonds. The van der Waals surface area contributed by atoms with Crippen LogP contribution in [0, 0.1) is 28.4 Å². The van der Waals surface area contributed by atoms with Gasteiger partial charge in [0.1, 0.15) is 17.2 Å². The molecule has 1 atom stereocenters. The van der Waals surface area contributed by atoms with Crippen LogP contribution < -0.4 is 0 Å². The Morgan fingerprint density at radius 2 is 1.80 bits per heavy atom. The first-order valence-corrected chi connectivity index (χ1v) is 8.43. The van der Waals surface area contributed by atoms with E-state index in [9.17, 15) is 18.8 Å². The Labute approximate surface area is 147 Å². The number of carbonyl (C=O) groups excluding carboxylic acids is 1. The topological polar surface area (TPSA) is 53.3 Å². The van der Waals surface area contributed by atoms with Gasteiger partial charge in [0.15, 0.2) is 0 Å². The molecular formula is C19H24F2N2O2. The predicted molar refractivity (Wildman–Crippen MR) is 89.9 cm³/mol. The van der Waals surface area contributed by atoms with E-state index in [1.165, 1.54) is 18.2 Å². The van der Waals surface area contributed by atoms with Crippen LogP contribution in [0.25, 0.3) is 0 Å². The zero-order chi connectivity index (χ0) is 18.8. The lowest BCUT2D eigenvalue weighted by Crippen LogP contribution is -2.46. The maximum Gasteiger partial charge on any atom is 0.410 e. The van der Waals surface area contributed by atoms with Crippen LogP contribution in [-0.2, 0) is 4.74 Å². The second kappa shape index (κ2) is 6.99. The van der Waals surface area contributed by atoms with Crippen molar-refractivity contribution in [1.82, 2.24) is 4.90 Å². The predicted octanol–water partition coefficient (Wildman–Crippen LogP) is 4.61. The lowest BCUT2D eigenvalue weighted by molar-refractivity contribution is 0.0130. The Balaban J connectivity index is 2.17. The number of nitriles is 1. The van der Waals surface area contributed by atoms with E-state index < -0.39 is 34.7 Å². The molecule has 0 saturated carbocycles. The highest BCUT2D eigenvalue weighted by Crippen LogP contribution is 2.45. The Morgan fingerprint density at radius 3 is 2.24 bits per heavy atom. The maximum atomic E-state index is 14.1. The van der Waals surface area contributed by atoms with Gasteiger partial charge in [-0.15, -0.1) is 0 Å². The molecule has 1 aromatic carbocycles. The second-order valence-electron chi connectivity index (χ2n) is 7.59. The van der Waals surface area contributed by atoms with Gasteiger partial charge in [-0.25, -0.2) is 13.6 Å². The molecule has 1 saturated heterocycles. The van der Waals surface area contributed by atoms with Gasteiger partial charge >= 0.3 is 6.09 Å². The molecule has 1 fully saturated rings. The van der Waals surface area contributed by atoms with Gasteiger partial charge in [-0.1, -0.05) is 13.0 Å². The lowest BCUT2D eigenvalue weighted by atomic mass is 9.68. The summed E-state index contributed by atoms with van der Waals surface area (Å²) in [5.41, 5.74) is -1.57. The van der Waals surface area contributed by atoms with Gasteiger partial charge < -0.3 is 9.64 Å². The molecule has 6 heteroatoms. The number of amides is 1. The van der Waals surface area contributed by atoms with Crippen molar-refractivity contribution in [1.29, 1.82) is 5.26 Å². The van der Waals surface area contributed by atoms with E-state index in [-0.39, 0.29) is 5.56 Å². The van der Waals surface area contributed by atoms with Crippen LogP contribution in [0.15, 0.2) is 18.2 Å². The summed E-state index contributed by atoms with van der Waals surface area (Å²) >= 11 is 0. The van der Waals surface area contributed by atoms with Crippen LogP contribution in [-0.4, -0.2) is 29.7 Å². The number of rotatable bonds is 2. The van der Waals surface area contributed by atoms with Gasteiger partial charge in [-0.2, -0.15) is 5.26 Å². The second-order valence-corrected chi connectivity index (χ2v) is 7.59. The minimum atomic E-state index is -0.915. The van der Waals surface area contributed by atoms with E-state index in [4.69, 9.17) is 4.74 Å².